The van der Waals surface area contributed by atoms with Gasteiger partial charge in [-0.1, -0.05) is 12.1 Å². The average molecular weight is 292 g/mol. The van der Waals surface area contributed by atoms with Gasteiger partial charge in [0.15, 0.2) is 0 Å². The summed E-state index contributed by atoms with van der Waals surface area (Å²) in [4.78, 5) is 25.7. The Balaban J connectivity index is 2.10. The number of aryl methyl sites for hydroxylation is 1. The van der Waals surface area contributed by atoms with Gasteiger partial charge < -0.3 is 20.4 Å². The van der Waals surface area contributed by atoms with Gasteiger partial charge >= 0.3 is 0 Å². The number of carbonyl (C=O) groups is 1. The molecule has 2 rings (SSSR count). The van der Waals surface area contributed by atoms with E-state index in [2.05, 4.69) is 5.16 Å². The molecule has 1 saturated heterocycles. The Bertz CT molecular complexity index is 627. The van der Waals surface area contributed by atoms with Crippen LogP contribution in [0.3, 0.4) is 0 Å². The summed E-state index contributed by atoms with van der Waals surface area (Å²) < 4.78 is 1.42. The molecule has 2 heterocycles. The first-order valence-corrected chi connectivity index (χ1v) is 6.81. The molecule has 7 nitrogen and oxygen atoms in total. The van der Waals surface area contributed by atoms with E-state index in [1.54, 1.807) is 24.2 Å². The Kier molecular flexibility index (Phi) is 4.02. The number of rotatable bonds is 2. The molecule has 114 valence electrons. The third-order valence-corrected chi connectivity index (χ3v) is 4.23. The summed E-state index contributed by atoms with van der Waals surface area (Å²) in [7, 11) is 1.64. The zero-order chi connectivity index (χ0) is 15.6. The number of piperidine rings is 1. The van der Waals surface area contributed by atoms with Gasteiger partial charge in [-0.05, 0) is 18.9 Å². The number of likely N-dealkylation sites (tertiary alicyclic amines) is 1. The first kappa shape index (κ1) is 15.1. The molecule has 0 unspecified atom stereocenters. The molecule has 0 saturated carbocycles. The Morgan fingerprint density at radius 1 is 1.43 bits per heavy atom. The van der Waals surface area contributed by atoms with Crippen molar-refractivity contribution in [3.8, 4) is 0 Å². The minimum absolute atomic E-state index is 0.158. The molecule has 0 atom stereocenters. The van der Waals surface area contributed by atoms with E-state index in [0.717, 1.165) is 0 Å². The van der Waals surface area contributed by atoms with E-state index < -0.39 is 5.41 Å². The fourth-order valence-electron chi connectivity index (χ4n) is 2.44. The highest BCUT2D eigenvalue weighted by Gasteiger charge is 2.35. The van der Waals surface area contributed by atoms with Crippen molar-refractivity contribution < 1.29 is 10.0 Å². The number of hydrogen-bond acceptors (Lipinski definition) is 4. The molecule has 0 bridgehead atoms. The van der Waals surface area contributed by atoms with Gasteiger partial charge in [-0.3, -0.25) is 9.59 Å². The number of nitrogens with zero attached hydrogens (tertiary/aromatic N) is 3. The lowest BCUT2D eigenvalue weighted by Crippen LogP contribution is -2.47. The van der Waals surface area contributed by atoms with E-state index in [0.29, 0.717) is 31.5 Å². The van der Waals surface area contributed by atoms with E-state index in [1.165, 1.54) is 10.6 Å². The van der Waals surface area contributed by atoms with Crippen LogP contribution < -0.4 is 11.3 Å². The first-order chi connectivity index (χ1) is 9.87. The summed E-state index contributed by atoms with van der Waals surface area (Å²) in [6, 6.07) is 2.99. The van der Waals surface area contributed by atoms with Crippen molar-refractivity contribution in [2.45, 2.75) is 19.8 Å². The van der Waals surface area contributed by atoms with Crippen LogP contribution in [-0.2, 0) is 7.05 Å². The van der Waals surface area contributed by atoms with Crippen molar-refractivity contribution >= 4 is 11.7 Å². The zero-order valence-electron chi connectivity index (χ0n) is 12.2. The standard InChI is InChI=1S/C14H20N4O3/c1-14(13(15)16-21)4-7-18(8-5-14)12(20)10-3-6-17(2)11(19)9-10/h3,6,9,21H,4-5,7-8H2,1-2H3,(H2,15,16). The van der Waals surface area contributed by atoms with Gasteiger partial charge in [0.25, 0.3) is 11.5 Å². The number of hydrogen-bond donors (Lipinski definition) is 2. The second kappa shape index (κ2) is 5.59. The lowest BCUT2D eigenvalue weighted by Gasteiger charge is -2.38. The van der Waals surface area contributed by atoms with E-state index >= 15 is 0 Å². The van der Waals surface area contributed by atoms with Crippen molar-refractivity contribution in [2.75, 3.05) is 13.1 Å². The summed E-state index contributed by atoms with van der Waals surface area (Å²) in [5, 5.41) is 11.9. The Hall–Kier alpha value is -2.31. The van der Waals surface area contributed by atoms with Crippen LogP contribution in [0.1, 0.15) is 30.1 Å². The van der Waals surface area contributed by atoms with Crippen LogP contribution in [0.25, 0.3) is 0 Å². The highest BCUT2D eigenvalue weighted by Crippen LogP contribution is 2.31. The van der Waals surface area contributed by atoms with Crippen molar-refractivity contribution in [1.82, 2.24) is 9.47 Å². The second-order valence-electron chi connectivity index (χ2n) is 5.70. The van der Waals surface area contributed by atoms with Crippen LogP contribution in [-0.4, -0.2) is 39.5 Å². The molecule has 21 heavy (non-hydrogen) atoms. The summed E-state index contributed by atoms with van der Waals surface area (Å²) in [6.07, 6.45) is 2.83. The maximum atomic E-state index is 12.4. The molecule has 0 spiro atoms. The summed E-state index contributed by atoms with van der Waals surface area (Å²) in [5.41, 5.74) is 5.50. The van der Waals surface area contributed by atoms with Crippen LogP contribution in [0.4, 0.5) is 0 Å². The van der Waals surface area contributed by atoms with Crippen LogP contribution in [0.15, 0.2) is 28.3 Å². The molecule has 1 aromatic rings. The monoisotopic (exact) mass is 292 g/mol. The predicted octanol–water partition coefficient (Wildman–Crippen LogP) is 0.374. The summed E-state index contributed by atoms with van der Waals surface area (Å²) >= 11 is 0. The molecule has 3 N–H and O–H groups in total. The number of carbonyl (C=O) groups excluding carboxylic acids is 1. The number of amidine groups is 1. The maximum Gasteiger partial charge on any atom is 0.254 e. The SMILES string of the molecule is Cn1ccc(C(=O)N2CCC(C)(/C(N)=N/O)CC2)cc1=O. The molecule has 7 heteroatoms. The molecule has 1 fully saturated rings. The minimum Gasteiger partial charge on any atom is -0.409 e. The number of aromatic nitrogens is 1. The number of pyridine rings is 1. The van der Waals surface area contributed by atoms with Crippen LogP contribution in [0, 0.1) is 5.41 Å². The fourth-order valence-corrected chi connectivity index (χ4v) is 2.44. The van der Waals surface area contributed by atoms with E-state index in [-0.39, 0.29) is 17.3 Å². The van der Waals surface area contributed by atoms with Gasteiger partial charge in [-0.15, -0.1) is 0 Å². The molecular weight excluding hydrogens is 272 g/mol. The number of oxime groups is 1. The van der Waals surface area contributed by atoms with Gasteiger partial charge in [0.05, 0.1) is 0 Å². The lowest BCUT2D eigenvalue weighted by molar-refractivity contribution is 0.0666. The molecular formula is C14H20N4O3. The summed E-state index contributed by atoms with van der Waals surface area (Å²) in [5.74, 6) is 0.0393. The van der Waals surface area contributed by atoms with Crippen molar-refractivity contribution in [1.29, 1.82) is 0 Å². The highest BCUT2D eigenvalue weighted by molar-refractivity contribution is 5.94. The third-order valence-electron chi connectivity index (χ3n) is 4.23. The van der Waals surface area contributed by atoms with Gasteiger partial charge in [0.2, 0.25) is 0 Å². The molecule has 0 aromatic carbocycles. The maximum absolute atomic E-state index is 12.4. The van der Waals surface area contributed by atoms with E-state index in [9.17, 15) is 9.59 Å². The molecule has 0 aliphatic carbocycles. The Morgan fingerprint density at radius 3 is 2.57 bits per heavy atom. The Morgan fingerprint density at radius 2 is 2.05 bits per heavy atom. The van der Waals surface area contributed by atoms with Crippen LogP contribution in [0.5, 0.6) is 0 Å². The van der Waals surface area contributed by atoms with Crippen molar-refractivity contribution in [3.05, 3.63) is 34.2 Å². The highest BCUT2D eigenvalue weighted by atomic mass is 16.4. The molecule has 1 aliphatic heterocycles. The van der Waals surface area contributed by atoms with Crippen LogP contribution in [0.2, 0.25) is 0 Å². The largest absolute Gasteiger partial charge is 0.409 e. The third kappa shape index (κ3) is 2.91. The number of nitrogens with two attached hydrogens (primary N) is 1. The fraction of sp³-hybridized carbons (Fsp3) is 0.500. The van der Waals surface area contributed by atoms with Gasteiger partial charge in [-0.2, -0.15) is 0 Å². The van der Waals surface area contributed by atoms with Crippen molar-refractivity contribution in [2.24, 2.45) is 23.4 Å². The lowest BCUT2D eigenvalue weighted by atomic mass is 9.79. The molecule has 1 aromatic heterocycles. The normalized spacial score (nSPS) is 18.6. The quantitative estimate of drug-likeness (QED) is 0.356. The first-order valence-electron chi connectivity index (χ1n) is 6.81. The molecule has 0 radical (unpaired) electrons. The smallest absolute Gasteiger partial charge is 0.254 e. The molecule has 1 amide bonds. The van der Waals surface area contributed by atoms with Gasteiger partial charge in [0.1, 0.15) is 5.84 Å². The summed E-state index contributed by atoms with van der Waals surface area (Å²) in [6.45, 7) is 2.95. The van der Waals surface area contributed by atoms with Gasteiger partial charge in [-0.25, -0.2) is 0 Å². The second-order valence-corrected chi connectivity index (χ2v) is 5.70. The zero-order valence-corrected chi connectivity index (χ0v) is 12.2. The number of amides is 1. The minimum atomic E-state index is -0.391. The Labute approximate surface area is 122 Å². The van der Waals surface area contributed by atoms with Crippen molar-refractivity contribution in [3.63, 3.8) is 0 Å². The predicted molar refractivity (Wildman–Crippen MR) is 78.3 cm³/mol. The van der Waals surface area contributed by atoms with Crippen LogP contribution >= 0.6 is 0 Å². The topological polar surface area (TPSA) is 101 Å². The van der Waals surface area contributed by atoms with Gasteiger partial charge in [0, 0.05) is 43.4 Å². The molecule has 1 aliphatic rings. The average Bonchev–Trinajstić information content (AvgIpc) is 2.49. The van der Waals surface area contributed by atoms with E-state index in [1.807, 2.05) is 6.92 Å². The van der Waals surface area contributed by atoms with E-state index in [4.69, 9.17) is 10.9 Å².